The molecule has 0 saturated carbocycles. The average Bonchev–Trinajstić information content (AvgIpc) is 2.50. The number of piperazine rings is 1. The van der Waals surface area contributed by atoms with E-state index >= 15 is 0 Å². The van der Waals surface area contributed by atoms with Crippen molar-refractivity contribution in [3.05, 3.63) is 28.2 Å². The lowest BCUT2D eigenvalue weighted by atomic mass is 10.2. The first-order valence-corrected chi connectivity index (χ1v) is 7.14. The number of benzene rings is 1. The first-order valence-electron chi connectivity index (χ1n) is 10.3. The molecule has 1 aliphatic heterocycles. The van der Waals surface area contributed by atoms with Crippen LogP contribution in [0.1, 0.15) is 37.3 Å². The molecule has 1 heterocycles. The number of carbonyl (C=O) groups is 1. The van der Waals surface area contributed by atoms with E-state index in [0.29, 0.717) is 0 Å². The van der Waals surface area contributed by atoms with Crippen molar-refractivity contribution in [2.24, 2.45) is 0 Å². The van der Waals surface area contributed by atoms with E-state index in [1.54, 1.807) is 0 Å². The topological polar surface area (TPSA) is 56.6 Å². The first-order chi connectivity index (χ1) is 13.3. The summed E-state index contributed by atoms with van der Waals surface area (Å²) in [5, 5.41) is 9.18. The van der Waals surface area contributed by atoms with E-state index in [2.05, 4.69) is 15.9 Å². The summed E-state index contributed by atoms with van der Waals surface area (Å²) in [6.07, 6.45) is -1.54. The standard InChI is InChI=1S/C16H20BrN3O2/c1-16(2,3)22-15(21)20-6-4-19(5-7-20)14-9-12(11-18)8-13(17)10-14/h8-10H,4-7H2,1-3H3/i4D2,5D2,6D2,7D2. The highest BCUT2D eigenvalue weighted by Crippen LogP contribution is 2.24. The molecule has 1 saturated heterocycles. The SMILES string of the molecule is [2H]C1([2H])N(C(=O)OC(C)(C)C)C([2H])([2H])C([2H])([2H])N(c2cc(Br)cc(C#N)c2)C1([2H])[2H]. The summed E-state index contributed by atoms with van der Waals surface area (Å²) in [6, 6.07) is 5.54. The Hall–Kier alpha value is -1.74. The number of halogens is 1. The van der Waals surface area contributed by atoms with Crippen molar-refractivity contribution in [1.29, 1.82) is 5.26 Å². The van der Waals surface area contributed by atoms with Crippen LogP contribution >= 0.6 is 15.9 Å². The highest BCUT2D eigenvalue weighted by atomic mass is 79.9. The van der Waals surface area contributed by atoms with Crippen LogP contribution in [0.4, 0.5) is 10.5 Å². The largest absolute Gasteiger partial charge is 0.444 e. The van der Waals surface area contributed by atoms with E-state index in [9.17, 15) is 10.1 Å². The zero-order valence-corrected chi connectivity index (χ0v) is 13.9. The van der Waals surface area contributed by atoms with Crippen molar-refractivity contribution < 1.29 is 20.5 Å². The normalized spacial score (nSPS) is 30.0. The number of anilines is 1. The van der Waals surface area contributed by atoms with E-state index in [4.69, 9.17) is 15.7 Å². The van der Waals surface area contributed by atoms with Crippen LogP contribution in [-0.2, 0) is 4.74 Å². The fourth-order valence-electron chi connectivity index (χ4n) is 1.55. The number of ether oxygens (including phenoxy) is 1. The predicted molar refractivity (Wildman–Crippen MR) is 88.9 cm³/mol. The van der Waals surface area contributed by atoms with Crippen molar-refractivity contribution >= 4 is 27.7 Å². The summed E-state index contributed by atoms with van der Waals surface area (Å²) in [4.78, 5) is 12.7. The van der Waals surface area contributed by atoms with Crippen molar-refractivity contribution in [2.45, 2.75) is 26.4 Å². The smallest absolute Gasteiger partial charge is 0.410 e. The van der Waals surface area contributed by atoms with Crippen molar-refractivity contribution in [3.8, 4) is 6.07 Å². The van der Waals surface area contributed by atoms with Gasteiger partial charge in [-0.25, -0.2) is 4.79 Å². The Morgan fingerprint density at radius 2 is 1.95 bits per heavy atom. The molecule has 1 aromatic rings. The van der Waals surface area contributed by atoms with Gasteiger partial charge in [0.2, 0.25) is 0 Å². The Kier molecular flexibility index (Phi) is 2.62. The van der Waals surface area contributed by atoms with Gasteiger partial charge in [-0.15, -0.1) is 0 Å². The third-order valence-electron chi connectivity index (χ3n) is 2.39. The molecule has 0 spiro atoms. The number of carbonyl (C=O) groups excluding carboxylic acids is 1. The van der Waals surface area contributed by atoms with Crippen molar-refractivity contribution in [2.75, 3.05) is 30.9 Å². The van der Waals surface area contributed by atoms with Crippen LogP contribution in [-0.4, -0.2) is 42.6 Å². The lowest BCUT2D eigenvalue weighted by Crippen LogP contribution is -2.50. The number of rotatable bonds is 1. The summed E-state index contributed by atoms with van der Waals surface area (Å²) in [5.74, 6) is 0. The van der Waals surface area contributed by atoms with Gasteiger partial charge in [-0.05, 0) is 39.0 Å². The third kappa shape index (κ3) is 4.38. The number of nitrogens with zero attached hydrogens (tertiary/aromatic N) is 3. The molecule has 1 amide bonds. The second-order valence-electron chi connectivity index (χ2n) is 5.41. The minimum Gasteiger partial charge on any atom is -0.444 e. The fraction of sp³-hybridized carbons (Fsp3) is 0.500. The Labute approximate surface area is 150 Å². The molecule has 1 fully saturated rings. The molecule has 118 valence electrons. The van der Waals surface area contributed by atoms with Crippen LogP contribution in [0.25, 0.3) is 0 Å². The van der Waals surface area contributed by atoms with Gasteiger partial charge in [0.1, 0.15) is 5.60 Å². The molecule has 0 bridgehead atoms. The van der Waals surface area contributed by atoms with E-state index in [-0.39, 0.29) is 25.5 Å². The summed E-state index contributed by atoms with van der Waals surface area (Å²) in [6.45, 7) is -8.86. The number of hydrogen-bond acceptors (Lipinski definition) is 4. The highest BCUT2D eigenvalue weighted by molar-refractivity contribution is 9.10. The van der Waals surface area contributed by atoms with E-state index in [1.165, 1.54) is 32.9 Å². The summed E-state index contributed by atoms with van der Waals surface area (Å²) >= 11 is 3.13. The molecule has 5 nitrogen and oxygen atoms in total. The van der Waals surface area contributed by atoms with Gasteiger partial charge in [-0.2, -0.15) is 5.26 Å². The Morgan fingerprint density at radius 3 is 2.50 bits per heavy atom. The molecular formula is C16H20BrN3O2. The van der Waals surface area contributed by atoms with Crippen molar-refractivity contribution in [3.63, 3.8) is 0 Å². The Morgan fingerprint density at radius 1 is 1.32 bits per heavy atom. The number of nitriles is 1. The maximum atomic E-state index is 12.6. The second kappa shape index (κ2) is 6.57. The molecule has 0 radical (unpaired) electrons. The van der Waals surface area contributed by atoms with Gasteiger partial charge in [0.05, 0.1) is 22.6 Å². The lowest BCUT2D eigenvalue weighted by Gasteiger charge is -2.36. The molecule has 0 aliphatic carbocycles. The molecule has 22 heavy (non-hydrogen) atoms. The van der Waals surface area contributed by atoms with Crippen LogP contribution < -0.4 is 4.90 Å². The minimum atomic E-state index is -3.36. The van der Waals surface area contributed by atoms with E-state index in [1.807, 2.05) is 6.07 Å². The Bertz CT molecular complexity index is 883. The van der Waals surface area contributed by atoms with Gasteiger partial charge in [-0.3, -0.25) is 0 Å². The lowest BCUT2D eigenvalue weighted by molar-refractivity contribution is 0.0240. The van der Waals surface area contributed by atoms with Crippen LogP contribution in [0.2, 0.25) is 0 Å². The maximum absolute atomic E-state index is 12.6. The van der Waals surface area contributed by atoms with Crippen LogP contribution in [0.5, 0.6) is 0 Å². The molecule has 1 aliphatic rings. The molecular weight excluding hydrogens is 346 g/mol. The fourth-order valence-corrected chi connectivity index (χ4v) is 2.03. The second-order valence-corrected chi connectivity index (χ2v) is 6.32. The van der Waals surface area contributed by atoms with Crippen LogP contribution in [0.3, 0.4) is 0 Å². The zero-order chi connectivity index (χ0) is 23.5. The van der Waals surface area contributed by atoms with E-state index in [0.717, 1.165) is 6.07 Å². The first kappa shape index (κ1) is 8.78. The number of hydrogen-bond donors (Lipinski definition) is 0. The molecule has 0 unspecified atom stereocenters. The van der Waals surface area contributed by atoms with Gasteiger partial charge in [-0.1, -0.05) is 15.9 Å². The molecule has 0 aromatic heterocycles. The van der Waals surface area contributed by atoms with Crippen molar-refractivity contribution in [1.82, 2.24) is 4.90 Å². The predicted octanol–water partition coefficient (Wildman–Crippen LogP) is 3.38. The van der Waals surface area contributed by atoms with Gasteiger partial charge in [0.25, 0.3) is 0 Å². The molecule has 2 rings (SSSR count). The molecule has 1 aromatic carbocycles. The number of amides is 1. The molecule has 0 N–H and O–H groups in total. The average molecular weight is 374 g/mol. The zero-order valence-electron chi connectivity index (χ0n) is 20.3. The van der Waals surface area contributed by atoms with Gasteiger partial charge >= 0.3 is 6.09 Å². The van der Waals surface area contributed by atoms with Gasteiger partial charge in [0.15, 0.2) is 0 Å². The maximum Gasteiger partial charge on any atom is 0.410 e. The van der Waals surface area contributed by atoms with Crippen LogP contribution in [0, 0.1) is 11.3 Å². The minimum absolute atomic E-state index is 0.0154. The summed E-state index contributed by atoms with van der Waals surface area (Å²) < 4.78 is 71.9. The van der Waals surface area contributed by atoms with Gasteiger partial charge in [0, 0.05) is 36.1 Å². The summed E-state index contributed by atoms with van der Waals surface area (Å²) in [5.41, 5.74) is -1.43. The Balaban J connectivity index is 2.76. The molecule has 6 heteroatoms. The summed E-state index contributed by atoms with van der Waals surface area (Å²) in [7, 11) is 0. The third-order valence-corrected chi connectivity index (χ3v) is 2.85. The molecule has 0 atom stereocenters. The highest BCUT2D eigenvalue weighted by Gasteiger charge is 2.26. The van der Waals surface area contributed by atoms with E-state index < -0.39 is 37.7 Å². The monoisotopic (exact) mass is 373 g/mol. The van der Waals surface area contributed by atoms with Gasteiger partial charge < -0.3 is 14.5 Å². The van der Waals surface area contributed by atoms with Crippen LogP contribution in [0.15, 0.2) is 22.7 Å². The quantitative estimate of drug-likeness (QED) is 0.756.